The summed E-state index contributed by atoms with van der Waals surface area (Å²) in [5.74, 6) is 0.790. The number of aromatic nitrogens is 3. The van der Waals surface area contributed by atoms with Gasteiger partial charge in [0.1, 0.15) is 5.75 Å². The lowest BCUT2D eigenvalue weighted by Gasteiger charge is -2.22. The van der Waals surface area contributed by atoms with Gasteiger partial charge in [0.05, 0.1) is 11.3 Å². The van der Waals surface area contributed by atoms with Crippen molar-refractivity contribution < 1.29 is 9.79 Å². The van der Waals surface area contributed by atoms with E-state index in [2.05, 4.69) is 37.9 Å². The highest BCUT2D eigenvalue weighted by Crippen LogP contribution is 2.34. The van der Waals surface area contributed by atoms with Crippen LogP contribution in [-0.4, -0.2) is 20.9 Å². The van der Waals surface area contributed by atoms with Gasteiger partial charge in [-0.3, -0.25) is 9.78 Å². The van der Waals surface area contributed by atoms with Gasteiger partial charge in [0.25, 0.3) is 6.17 Å². The monoisotopic (exact) mass is 443 g/mol. The summed E-state index contributed by atoms with van der Waals surface area (Å²) in [5, 5.41) is 18.5. The Bertz CT molecular complexity index is 1100. The molecule has 1 aromatic heterocycles. The van der Waals surface area contributed by atoms with Crippen LogP contribution in [0.2, 0.25) is 0 Å². The van der Waals surface area contributed by atoms with E-state index >= 15 is 0 Å². The van der Waals surface area contributed by atoms with Crippen LogP contribution < -0.4 is 15.6 Å². The van der Waals surface area contributed by atoms with E-state index in [-0.39, 0.29) is 11.3 Å². The molecule has 0 bridgehead atoms. The van der Waals surface area contributed by atoms with E-state index in [1.54, 1.807) is 29.0 Å². The Hall–Kier alpha value is -2.58. The van der Waals surface area contributed by atoms with Crippen molar-refractivity contribution in [3.8, 4) is 17.0 Å². The Morgan fingerprint density at radius 1 is 1.33 bits per heavy atom. The average Bonchev–Trinajstić information content (AvgIpc) is 2.65. The van der Waals surface area contributed by atoms with Crippen LogP contribution in [0, 0.1) is 0 Å². The van der Waals surface area contributed by atoms with Crippen LogP contribution in [0.4, 0.5) is 5.69 Å². The first-order valence-electron chi connectivity index (χ1n) is 8.22. The molecule has 3 N–H and O–H groups in total. The van der Waals surface area contributed by atoms with E-state index in [9.17, 15) is 9.90 Å². The number of hydrogen-bond acceptors (Lipinski definition) is 5. The number of benzene rings is 2. The number of nitrogens with zero attached hydrogens (tertiary/aromatic N) is 2. The Labute approximate surface area is 168 Å². The second-order valence-corrected chi connectivity index (χ2v) is 7.91. The van der Waals surface area contributed by atoms with Gasteiger partial charge in [-0.15, -0.1) is 6.58 Å². The Balaban J connectivity index is 1.95. The Kier molecular flexibility index (Phi) is 4.75. The highest BCUT2D eigenvalue weighted by Gasteiger charge is 2.37. The number of H-pyrrole nitrogens is 1. The molecular formula is C19H16BrN4O2S+. The molecule has 0 fully saturated rings. The number of thioether (sulfide) groups is 1. The van der Waals surface area contributed by atoms with Gasteiger partial charge in [-0.25, -0.2) is 0 Å². The zero-order valence-corrected chi connectivity index (χ0v) is 16.5. The molecule has 2 heterocycles. The predicted molar refractivity (Wildman–Crippen MR) is 109 cm³/mol. The first-order valence-corrected chi connectivity index (χ1v) is 10.00. The van der Waals surface area contributed by atoms with E-state index in [0.717, 1.165) is 21.3 Å². The number of phenols is 1. The van der Waals surface area contributed by atoms with Crippen molar-refractivity contribution in [2.45, 2.75) is 11.3 Å². The number of nitrogens with one attached hydrogen (secondary N) is 2. The second kappa shape index (κ2) is 7.21. The maximum atomic E-state index is 12.9. The van der Waals surface area contributed by atoms with E-state index in [0.29, 0.717) is 16.6 Å². The molecule has 1 atom stereocenters. The zero-order chi connectivity index (χ0) is 19.0. The zero-order valence-electron chi connectivity index (χ0n) is 14.1. The fourth-order valence-corrected chi connectivity index (χ4v) is 3.98. The number of halogens is 1. The number of anilines is 1. The molecule has 6 nitrogen and oxygen atoms in total. The molecule has 0 aliphatic carbocycles. The first-order chi connectivity index (χ1) is 13.1. The fraction of sp³-hybridized carbons (Fsp3) is 0.105. The summed E-state index contributed by atoms with van der Waals surface area (Å²) in [6.45, 7) is 3.70. The first kappa shape index (κ1) is 17.8. The number of aromatic amines is 1. The van der Waals surface area contributed by atoms with Crippen LogP contribution in [0.3, 0.4) is 0 Å². The standard InChI is InChI=1S/C19H15BrN4O2S/c1-2-8-27-19-22-18(26)16-14-10-12(20)6-7-15(14)21-17(24(16)23-19)11-4-3-5-13(25)9-11/h2-7,9-10,17H,1,8H2,(H2,22,23,25,26)/p+1/t17-/m1/s1. The summed E-state index contributed by atoms with van der Waals surface area (Å²) in [6.07, 6.45) is 1.33. The van der Waals surface area contributed by atoms with Crippen molar-refractivity contribution in [1.82, 2.24) is 10.1 Å². The van der Waals surface area contributed by atoms with E-state index in [1.807, 2.05) is 24.3 Å². The summed E-state index contributed by atoms with van der Waals surface area (Å²) in [5.41, 5.74) is 2.62. The maximum Gasteiger partial charge on any atom is 0.325 e. The highest BCUT2D eigenvalue weighted by atomic mass is 79.9. The van der Waals surface area contributed by atoms with Crippen molar-refractivity contribution >= 4 is 33.4 Å². The Morgan fingerprint density at radius 2 is 2.19 bits per heavy atom. The van der Waals surface area contributed by atoms with Gasteiger partial charge in [0.15, 0.2) is 0 Å². The minimum absolute atomic E-state index is 0.157. The molecule has 4 rings (SSSR count). The quantitative estimate of drug-likeness (QED) is 0.326. The minimum atomic E-state index is -0.425. The summed E-state index contributed by atoms with van der Waals surface area (Å²) < 4.78 is 2.54. The summed E-state index contributed by atoms with van der Waals surface area (Å²) >= 11 is 4.87. The summed E-state index contributed by atoms with van der Waals surface area (Å²) in [6, 6.07) is 12.6. The maximum absolute atomic E-state index is 12.9. The smallest absolute Gasteiger partial charge is 0.325 e. The minimum Gasteiger partial charge on any atom is -0.508 e. The van der Waals surface area contributed by atoms with Gasteiger partial charge in [-0.05, 0) is 41.1 Å². The summed E-state index contributed by atoms with van der Waals surface area (Å²) in [7, 11) is 0. The molecule has 27 heavy (non-hydrogen) atoms. The molecule has 3 aromatic rings. The van der Waals surface area contributed by atoms with E-state index in [4.69, 9.17) is 0 Å². The predicted octanol–water partition coefficient (Wildman–Crippen LogP) is 3.44. The summed E-state index contributed by atoms with van der Waals surface area (Å²) in [4.78, 5) is 15.8. The molecule has 0 unspecified atom stereocenters. The van der Waals surface area contributed by atoms with Crippen LogP contribution in [-0.2, 0) is 0 Å². The molecule has 1 aliphatic rings. The number of rotatable bonds is 4. The van der Waals surface area contributed by atoms with Gasteiger partial charge in [-0.1, -0.05) is 39.8 Å². The number of fused-ring (bicyclic) bond motifs is 3. The van der Waals surface area contributed by atoms with Gasteiger partial charge in [0.2, 0.25) is 5.16 Å². The van der Waals surface area contributed by atoms with Gasteiger partial charge in [-0.2, -0.15) is 0 Å². The molecule has 0 saturated carbocycles. The third kappa shape index (κ3) is 3.38. The van der Waals surface area contributed by atoms with Crippen LogP contribution in [0.15, 0.2) is 69.5 Å². The number of hydrogen-bond donors (Lipinski definition) is 3. The number of aromatic hydroxyl groups is 1. The van der Waals surface area contributed by atoms with Gasteiger partial charge >= 0.3 is 11.3 Å². The SMILES string of the molecule is C=CCSc1n[n+]2c(c(=O)[nH]1)-c1cc(Br)ccc1N[C@H]2c1cccc(O)c1. The lowest BCUT2D eigenvalue weighted by Crippen LogP contribution is -2.55. The normalized spacial score (nSPS) is 14.8. The van der Waals surface area contributed by atoms with E-state index in [1.165, 1.54) is 11.8 Å². The topological polar surface area (TPSA) is 81.9 Å². The highest BCUT2D eigenvalue weighted by molar-refractivity contribution is 9.10. The van der Waals surface area contributed by atoms with Crippen LogP contribution in [0.25, 0.3) is 11.3 Å². The second-order valence-electron chi connectivity index (χ2n) is 5.98. The van der Waals surface area contributed by atoms with Gasteiger partial charge in [0, 0.05) is 20.9 Å². The van der Waals surface area contributed by atoms with Crippen LogP contribution in [0.1, 0.15) is 11.7 Å². The van der Waals surface area contributed by atoms with Crippen molar-refractivity contribution in [2.24, 2.45) is 0 Å². The lowest BCUT2D eigenvalue weighted by molar-refractivity contribution is -0.759. The fourth-order valence-electron chi connectivity index (χ4n) is 3.03. The largest absolute Gasteiger partial charge is 0.508 e. The Morgan fingerprint density at radius 3 is 2.96 bits per heavy atom. The van der Waals surface area contributed by atoms with Crippen molar-refractivity contribution in [2.75, 3.05) is 11.1 Å². The van der Waals surface area contributed by atoms with Crippen molar-refractivity contribution in [3.05, 3.63) is 75.5 Å². The van der Waals surface area contributed by atoms with Crippen molar-refractivity contribution in [3.63, 3.8) is 0 Å². The molecule has 0 saturated heterocycles. The lowest BCUT2D eigenvalue weighted by atomic mass is 10.0. The average molecular weight is 444 g/mol. The molecular weight excluding hydrogens is 428 g/mol. The van der Waals surface area contributed by atoms with E-state index < -0.39 is 6.17 Å². The van der Waals surface area contributed by atoms with Crippen molar-refractivity contribution in [1.29, 1.82) is 0 Å². The van der Waals surface area contributed by atoms with Crippen LogP contribution >= 0.6 is 27.7 Å². The molecule has 0 spiro atoms. The molecule has 1 aliphatic heterocycles. The third-order valence-electron chi connectivity index (χ3n) is 4.16. The third-order valence-corrected chi connectivity index (χ3v) is 5.51. The molecule has 8 heteroatoms. The van der Waals surface area contributed by atoms with Crippen LogP contribution in [0.5, 0.6) is 5.75 Å². The van der Waals surface area contributed by atoms with Gasteiger partial charge < -0.3 is 10.4 Å². The molecule has 0 radical (unpaired) electrons. The number of phenolic OH excluding ortho intramolecular Hbond substituents is 1. The molecule has 0 amide bonds. The molecule has 136 valence electrons. The molecule has 2 aromatic carbocycles.